The van der Waals surface area contributed by atoms with Crippen LogP contribution in [-0.4, -0.2) is 43.5 Å². The Labute approximate surface area is 235 Å². The fraction of sp³-hybridized carbons (Fsp3) is 0.344. The highest BCUT2D eigenvalue weighted by Crippen LogP contribution is 2.31. The topological polar surface area (TPSA) is 82.9 Å². The van der Waals surface area contributed by atoms with Crippen LogP contribution < -0.4 is 19.9 Å². The Hall–Kier alpha value is -4.33. The molecule has 1 aromatic heterocycles. The minimum Gasteiger partial charge on any atom is -0.497 e. The van der Waals surface area contributed by atoms with Gasteiger partial charge in [-0.3, -0.25) is 14.3 Å². The van der Waals surface area contributed by atoms with Crippen LogP contribution in [0.5, 0.6) is 11.5 Å². The number of fused-ring (bicyclic) bond motifs is 1. The number of carbonyl (C=O) groups excluding carboxylic acids is 1. The summed E-state index contributed by atoms with van der Waals surface area (Å²) in [5, 5.41) is 0.424. The van der Waals surface area contributed by atoms with E-state index in [2.05, 4.69) is 6.92 Å². The Kier molecular flexibility index (Phi) is 9.09. The molecule has 0 fully saturated rings. The molecule has 4 aromatic rings. The van der Waals surface area contributed by atoms with E-state index in [9.17, 15) is 9.59 Å². The molecule has 40 heavy (non-hydrogen) atoms. The average Bonchev–Trinajstić information content (AvgIpc) is 2.97. The standard InChI is InChI=1S/C32H37N3O5/c1-7-8-29-33-28-18-13-24(34(4)32(37)40-20-21(2)3)19-27(28)31(36)35(29)30(22-9-14-25(38-5)15-10-22)23-11-16-26(39-6)17-12-23/h9-19,21,30H,7-8,20H2,1-6H3. The molecule has 0 aliphatic rings. The van der Waals surface area contributed by atoms with Crippen LogP contribution in [0.25, 0.3) is 10.9 Å². The fourth-order valence-corrected chi connectivity index (χ4v) is 4.61. The average molecular weight is 544 g/mol. The summed E-state index contributed by atoms with van der Waals surface area (Å²) >= 11 is 0. The van der Waals surface area contributed by atoms with Crippen molar-refractivity contribution in [3.05, 3.63) is 94.0 Å². The van der Waals surface area contributed by atoms with Crippen molar-refractivity contribution in [3.63, 3.8) is 0 Å². The number of aryl methyl sites for hydroxylation is 1. The van der Waals surface area contributed by atoms with Crippen LogP contribution in [0.4, 0.5) is 10.5 Å². The van der Waals surface area contributed by atoms with Crippen molar-refractivity contribution >= 4 is 22.7 Å². The van der Waals surface area contributed by atoms with Crippen LogP contribution in [0.3, 0.4) is 0 Å². The number of benzene rings is 3. The van der Waals surface area contributed by atoms with E-state index in [1.54, 1.807) is 44.0 Å². The van der Waals surface area contributed by atoms with Gasteiger partial charge in [-0.2, -0.15) is 0 Å². The summed E-state index contributed by atoms with van der Waals surface area (Å²) in [4.78, 5) is 33.4. The van der Waals surface area contributed by atoms with Crippen molar-refractivity contribution in [1.29, 1.82) is 0 Å². The molecular formula is C32H37N3O5. The summed E-state index contributed by atoms with van der Waals surface area (Å²) in [5.74, 6) is 2.36. The van der Waals surface area contributed by atoms with Crippen molar-refractivity contribution in [2.45, 2.75) is 39.7 Å². The number of hydrogen-bond acceptors (Lipinski definition) is 6. The maximum Gasteiger partial charge on any atom is 0.414 e. The van der Waals surface area contributed by atoms with Gasteiger partial charge in [0.25, 0.3) is 5.56 Å². The molecule has 3 aromatic carbocycles. The van der Waals surface area contributed by atoms with E-state index in [0.717, 1.165) is 29.0 Å². The molecule has 210 valence electrons. The third-order valence-corrected chi connectivity index (χ3v) is 6.75. The molecule has 0 aliphatic heterocycles. The molecule has 0 spiro atoms. The van der Waals surface area contributed by atoms with Crippen LogP contribution in [0.15, 0.2) is 71.5 Å². The molecule has 1 amide bonds. The van der Waals surface area contributed by atoms with E-state index in [0.29, 0.717) is 35.4 Å². The smallest absolute Gasteiger partial charge is 0.414 e. The second kappa shape index (κ2) is 12.7. The van der Waals surface area contributed by atoms with E-state index in [1.165, 1.54) is 4.90 Å². The van der Waals surface area contributed by atoms with Gasteiger partial charge in [0.2, 0.25) is 0 Å². The minimum absolute atomic E-state index is 0.184. The quantitative estimate of drug-likeness (QED) is 0.236. The zero-order valence-corrected chi connectivity index (χ0v) is 24.0. The molecule has 8 heteroatoms. The number of anilines is 1. The van der Waals surface area contributed by atoms with Gasteiger partial charge in [0, 0.05) is 19.2 Å². The monoisotopic (exact) mass is 543 g/mol. The lowest BCUT2D eigenvalue weighted by Gasteiger charge is -2.25. The molecule has 0 atom stereocenters. The predicted octanol–water partition coefficient (Wildman–Crippen LogP) is 6.23. The van der Waals surface area contributed by atoms with Gasteiger partial charge in [-0.15, -0.1) is 0 Å². The zero-order valence-electron chi connectivity index (χ0n) is 24.0. The zero-order chi connectivity index (χ0) is 28.8. The van der Waals surface area contributed by atoms with Crippen molar-refractivity contribution < 1.29 is 19.0 Å². The summed E-state index contributed by atoms with van der Waals surface area (Å²) in [5.41, 5.74) is 2.78. The predicted molar refractivity (Wildman–Crippen MR) is 158 cm³/mol. The first kappa shape index (κ1) is 28.7. The molecule has 8 nitrogen and oxygen atoms in total. The van der Waals surface area contributed by atoms with Crippen LogP contribution in [0.2, 0.25) is 0 Å². The molecule has 0 radical (unpaired) electrons. The Morgan fingerprint density at radius 2 is 1.50 bits per heavy atom. The first-order valence-corrected chi connectivity index (χ1v) is 13.5. The van der Waals surface area contributed by atoms with E-state index >= 15 is 0 Å². The van der Waals surface area contributed by atoms with Crippen LogP contribution >= 0.6 is 0 Å². The SMILES string of the molecule is CCCc1nc2ccc(N(C)C(=O)OCC(C)C)cc2c(=O)n1C(c1ccc(OC)cc1)c1ccc(OC)cc1. The Morgan fingerprint density at radius 1 is 0.925 bits per heavy atom. The lowest BCUT2D eigenvalue weighted by Crippen LogP contribution is -2.31. The number of nitrogens with zero attached hydrogens (tertiary/aromatic N) is 3. The maximum absolute atomic E-state index is 14.4. The van der Waals surface area contributed by atoms with Crippen LogP contribution in [0.1, 0.15) is 50.2 Å². The molecule has 0 unspecified atom stereocenters. The number of methoxy groups -OCH3 is 2. The number of carbonyl (C=O) groups is 1. The maximum atomic E-state index is 14.4. The van der Waals surface area contributed by atoms with Gasteiger partial charge in [-0.05, 0) is 65.9 Å². The molecule has 0 N–H and O–H groups in total. The summed E-state index contributed by atoms with van der Waals surface area (Å²) in [7, 11) is 4.89. The largest absolute Gasteiger partial charge is 0.497 e. The third kappa shape index (κ3) is 6.11. The van der Waals surface area contributed by atoms with Crippen LogP contribution in [0, 0.1) is 5.92 Å². The van der Waals surface area contributed by atoms with Gasteiger partial charge < -0.3 is 14.2 Å². The second-order valence-electron chi connectivity index (χ2n) is 10.1. The minimum atomic E-state index is -0.474. The number of aromatic nitrogens is 2. The van der Waals surface area contributed by atoms with Crippen molar-refractivity contribution in [2.75, 3.05) is 32.8 Å². The normalized spacial score (nSPS) is 11.2. The summed E-state index contributed by atoms with van der Waals surface area (Å²) < 4.78 is 17.9. The third-order valence-electron chi connectivity index (χ3n) is 6.75. The Balaban J connectivity index is 1.91. The molecule has 0 bridgehead atoms. The number of ether oxygens (including phenoxy) is 3. The highest BCUT2D eigenvalue weighted by molar-refractivity contribution is 5.91. The van der Waals surface area contributed by atoms with Crippen molar-refractivity contribution in [1.82, 2.24) is 9.55 Å². The number of rotatable bonds is 10. The van der Waals surface area contributed by atoms with Crippen molar-refractivity contribution in [2.24, 2.45) is 5.92 Å². The first-order valence-electron chi connectivity index (χ1n) is 13.5. The summed E-state index contributed by atoms with van der Waals surface area (Å²) in [6.45, 7) is 6.34. The molecule has 0 aliphatic carbocycles. The molecule has 0 saturated carbocycles. The summed E-state index contributed by atoms with van der Waals surface area (Å²) in [6.07, 6.45) is 0.966. The van der Waals surface area contributed by atoms with Crippen molar-refractivity contribution in [3.8, 4) is 11.5 Å². The highest BCUT2D eigenvalue weighted by Gasteiger charge is 2.24. The van der Waals surface area contributed by atoms with Gasteiger partial charge >= 0.3 is 6.09 Å². The Morgan fingerprint density at radius 3 is 2.00 bits per heavy atom. The Bertz CT molecular complexity index is 1460. The van der Waals surface area contributed by atoms with Gasteiger partial charge in [0.05, 0.1) is 37.8 Å². The van der Waals surface area contributed by atoms with Gasteiger partial charge in [0.15, 0.2) is 0 Å². The van der Waals surface area contributed by atoms with Crippen LogP contribution in [-0.2, 0) is 11.2 Å². The summed E-state index contributed by atoms with van der Waals surface area (Å²) in [6, 6.07) is 20.3. The lowest BCUT2D eigenvalue weighted by atomic mass is 9.97. The molecule has 1 heterocycles. The van der Waals surface area contributed by atoms with E-state index < -0.39 is 12.1 Å². The molecule has 4 rings (SSSR count). The number of amides is 1. The van der Waals surface area contributed by atoms with E-state index in [4.69, 9.17) is 19.2 Å². The highest BCUT2D eigenvalue weighted by atomic mass is 16.6. The molecular weight excluding hydrogens is 506 g/mol. The fourth-order valence-electron chi connectivity index (χ4n) is 4.61. The first-order chi connectivity index (χ1) is 19.3. The second-order valence-corrected chi connectivity index (χ2v) is 10.1. The van der Waals surface area contributed by atoms with Gasteiger partial charge in [-0.1, -0.05) is 45.0 Å². The molecule has 0 saturated heterocycles. The number of hydrogen-bond donors (Lipinski definition) is 0. The van der Waals surface area contributed by atoms with Gasteiger partial charge in [0.1, 0.15) is 17.3 Å². The van der Waals surface area contributed by atoms with E-state index in [-0.39, 0.29) is 11.5 Å². The van der Waals surface area contributed by atoms with Gasteiger partial charge in [-0.25, -0.2) is 9.78 Å². The lowest BCUT2D eigenvalue weighted by molar-refractivity contribution is 0.141. The van der Waals surface area contributed by atoms with E-state index in [1.807, 2.05) is 62.4 Å².